The van der Waals surface area contributed by atoms with Crippen LogP contribution in [-0.2, 0) is 0 Å². The SMILES string of the molecule is Cc1[nH]nc2c1[C@H](c1cc3c(cc1Br)OCO3)C(C#N)=C(N)O2. The van der Waals surface area contributed by atoms with Crippen LogP contribution in [0.1, 0.15) is 22.7 Å². The lowest BCUT2D eigenvalue weighted by Crippen LogP contribution is -2.21. The van der Waals surface area contributed by atoms with Crippen LogP contribution in [0, 0.1) is 18.3 Å². The molecule has 1 aromatic carbocycles. The van der Waals surface area contributed by atoms with Crippen LogP contribution >= 0.6 is 15.9 Å². The molecule has 3 heterocycles. The summed E-state index contributed by atoms with van der Waals surface area (Å²) < 4.78 is 17.1. The molecule has 4 rings (SSSR count). The number of nitriles is 1. The van der Waals surface area contributed by atoms with Gasteiger partial charge in [0.15, 0.2) is 11.5 Å². The van der Waals surface area contributed by atoms with Crippen molar-refractivity contribution in [2.75, 3.05) is 6.79 Å². The molecule has 1 atom stereocenters. The van der Waals surface area contributed by atoms with Crippen molar-refractivity contribution in [3.8, 4) is 23.4 Å². The number of hydrogen-bond acceptors (Lipinski definition) is 6. The number of nitrogens with two attached hydrogens (primary N) is 1. The van der Waals surface area contributed by atoms with Crippen LogP contribution in [0.4, 0.5) is 0 Å². The van der Waals surface area contributed by atoms with Crippen LogP contribution in [0.5, 0.6) is 17.4 Å². The van der Waals surface area contributed by atoms with Gasteiger partial charge in [-0.15, -0.1) is 5.10 Å². The highest BCUT2D eigenvalue weighted by Gasteiger charge is 2.36. The summed E-state index contributed by atoms with van der Waals surface area (Å²) in [4.78, 5) is 0. The van der Waals surface area contributed by atoms with E-state index in [0.29, 0.717) is 23.0 Å². The number of aryl methyl sites for hydroxylation is 1. The maximum Gasteiger partial charge on any atom is 0.244 e. The maximum atomic E-state index is 9.56. The van der Waals surface area contributed by atoms with Crippen molar-refractivity contribution in [2.45, 2.75) is 12.8 Å². The highest BCUT2D eigenvalue weighted by Crippen LogP contribution is 2.47. The van der Waals surface area contributed by atoms with E-state index in [1.807, 2.05) is 19.1 Å². The topological polar surface area (TPSA) is 106 Å². The first-order valence-electron chi connectivity index (χ1n) is 6.81. The van der Waals surface area contributed by atoms with E-state index in [0.717, 1.165) is 21.3 Å². The Morgan fingerprint density at radius 3 is 2.87 bits per heavy atom. The average molecular weight is 375 g/mol. The van der Waals surface area contributed by atoms with E-state index < -0.39 is 5.92 Å². The highest BCUT2D eigenvalue weighted by molar-refractivity contribution is 9.10. The molecule has 0 spiro atoms. The molecule has 0 bridgehead atoms. The number of ether oxygens (including phenoxy) is 3. The lowest BCUT2D eigenvalue weighted by molar-refractivity contribution is 0.174. The molecule has 0 saturated carbocycles. The van der Waals surface area contributed by atoms with Crippen molar-refractivity contribution in [3.63, 3.8) is 0 Å². The third-order valence-electron chi connectivity index (χ3n) is 3.93. The fourth-order valence-electron chi connectivity index (χ4n) is 2.86. The minimum Gasteiger partial charge on any atom is -0.454 e. The zero-order valence-electron chi connectivity index (χ0n) is 12.0. The number of rotatable bonds is 1. The second kappa shape index (κ2) is 4.93. The van der Waals surface area contributed by atoms with Gasteiger partial charge < -0.3 is 19.9 Å². The Morgan fingerprint density at radius 1 is 1.39 bits per heavy atom. The summed E-state index contributed by atoms with van der Waals surface area (Å²) in [6, 6.07) is 5.83. The van der Waals surface area contributed by atoms with Crippen LogP contribution in [0.25, 0.3) is 0 Å². The van der Waals surface area contributed by atoms with Gasteiger partial charge in [-0.25, -0.2) is 0 Å². The van der Waals surface area contributed by atoms with E-state index in [1.165, 1.54) is 0 Å². The van der Waals surface area contributed by atoms with E-state index >= 15 is 0 Å². The fraction of sp³-hybridized carbons (Fsp3) is 0.200. The number of allylic oxidation sites excluding steroid dienone is 1. The zero-order chi connectivity index (χ0) is 16.1. The number of H-pyrrole nitrogens is 1. The second-order valence-corrected chi connectivity index (χ2v) is 6.07. The monoisotopic (exact) mass is 374 g/mol. The van der Waals surface area contributed by atoms with Crippen LogP contribution in [0.15, 0.2) is 28.1 Å². The lowest BCUT2D eigenvalue weighted by atomic mass is 9.84. The van der Waals surface area contributed by atoms with Gasteiger partial charge in [0.25, 0.3) is 0 Å². The first-order chi connectivity index (χ1) is 11.1. The standard InChI is InChI=1S/C15H11BrN4O3/c1-6-12-13(8(4-17)14(18)23-15(12)20-19-6)7-2-10-11(3-9(7)16)22-5-21-10/h2-3,13H,5,18H2,1H3,(H,19,20)/t13-/m1/s1. The molecule has 0 unspecified atom stereocenters. The van der Waals surface area contributed by atoms with Gasteiger partial charge >= 0.3 is 0 Å². The summed E-state index contributed by atoms with van der Waals surface area (Å²) in [5.41, 5.74) is 8.69. The number of aromatic nitrogens is 2. The zero-order valence-corrected chi connectivity index (χ0v) is 13.6. The largest absolute Gasteiger partial charge is 0.454 e. The summed E-state index contributed by atoms with van der Waals surface area (Å²) in [5.74, 6) is 1.33. The van der Waals surface area contributed by atoms with Crippen LogP contribution in [0.3, 0.4) is 0 Å². The summed E-state index contributed by atoms with van der Waals surface area (Å²) >= 11 is 3.55. The van der Waals surface area contributed by atoms with Crippen LogP contribution < -0.4 is 19.9 Å². The first kappa shape index (κ1) is 14.0. The number of hydrogen-bond donors (Lipinski definition) is 2. The summed E-state index contributed by atoms with van der Waals surface area (Å²) in [6.45, 7) is 2.05. The fourth-order valence-corrected chi connectivity index (χ4v) is 3.42. The molecule has 7 nitrogen and oxygen atoms in total. The Kier molecular flexibility index (Phi) is 2.99. The molecule has 0 amide bonds. The number of nitrogens with one attached hydrogen (secondary N) is 1. The molecule has 3 N–H and O–H groups in total. The Labute approximate surface area is 139 Å². The van der Waals surface area contributed by atoms with E-state index in [9.17, 15) is 5.26 Å². The van der Waals surface area contributed by atoms with Crippen molar-refractivity contribution < 1.29 is 14.2 Å². The predicted octanol–water partition coefficient (Wildman–Crippen LogP) is 2.43. The molecule has 0 aliphatic carbocycles. The van der Waals surface area contributed by atoms with Gasteiger partial charge in [-0.05, 0) is 24.6 Å². The Bertz CT molecular complexity index is 897. The van der Waals surface area contributed by atoms with Crippen molar-refractivity contribution in [1.82, 2.24) is 10.2 Å². The van der Waals surface area contributed by atoms with Crippen LogP contribution in [0.2, 0.25) is 0 Å². The quantitative estimate of drug-likeness (QED) is 0.793. The summed E-state index contributed by atoms with van der Waals surface area (Å²) in [7, 11) is 0. The van der Waals surface area contributed by atoms with Crippen molar-refractivity contribution in [1.29, 1.82) is 5.26 Å². The number of benzene rings is 1. The van der Waals surface area contributed by atoms with Gasteiger partial charge in [-0.1, -0.05) is 15.9 Å². The normalized spacial score (nSPS) is 18.4. The molecule has 8 heteroatoms. The molecule has 2 aliphatic rings. The molecule has 0 saturated heterocycles. The van der Waals surface area contributed by atoms with Gasteiger partial charge in [0, 0.05) is 15.7 Å². The predicted molar refractivity (Wildman–Crippen MR) is 82.9 cm³/mol. The van der Waals surface area contributed by atoms with Gasteiger partial charge in [0.2, 0.25) is 18.6 Å². The van der Waals surface area contributed by atoms with Gasteiger partial charge in [-0.2, -0.15) is 5.26 Å². The lowest BCUT2D eigenvalue weighted by Gasteiger charge is -2.24. The molecular formula is C15H11BrN4O3. The second-order valence-electron chi connectivity index (χ2n) is 5.22. The van der Waals surface area contributed by atoms with Gasteiger partial charge in [-0.3, -0.25) is 5.10 Å². The maximum absolute atomic E-state index is 9.56. The minimum atomic E-state index is -0.397. The summed E-state index contributed by atoms with van der Waals surface area (Å²) in [5, 5.41) is 16.6. The number of fused-ring (bicyclic) bond motifs is 2. The number of aromatic amines is 1. The van der Waals surface area contributed by atoms with E-state index in [2.05, 4.69) is 32.2 Å². The third-order valence-corrected chi connectivity index (χ3v) is 4.62. The van der Waals surface area contributed by atoms with Crippen molar-refractivity contribution >= 4 is 15.9 Å². The van der Waals surface area contributed by atoms with Crippen molar-refractivity contribution in [2.24, 2.45) is 5.73 Å². The molecule has 116 valence electrons. The van der Waals surface area contributed by atoms with Gasteiger partial charge in [0.05, 0.1) is 5.92 Å². The minimum absolute atomic E-state index is 0.0565. The first-order valence-corrected chi connectivity index (χ1v) is 7.61. The number of nitrogens with zero attached hydrogens (tertiary/aromatic N) is 2. The Morgan fingerprint density at radius 2 is 2.13 bits per heavy atom. The molecule has 1 aromatic heterocycles. The Balaban J connectivity index is 1.97. The molecule has 23 heavy (non-hydrogen) atoms. The third kappa shape index (κ3) is 1.97. The molecule has 0 radical (unpaired) electrons. The average Bonchev–Trinajstić information content (AvgIpc) is 3.11. The molecule has 2 aliphatic heterocycles. The molecular weight excluding hydrogens is 364 g/mol. The molecule has 2 aromatic rings. The number of halogens is 1. The molecule has 0 fully saturated rings. The smallest absolute Gasteiger partial charge is 0.244 e. The van der Waals surface area contributed by atoms with E-state index in [4.69, 9.17) is 19.9 Å². The Hall–Kier alpha value is -2.66. The van der Waals surface area contributed by atoms with E-state index in [1.54, 1.807) is 0 Å². The van der Waals surface area contributed by atoms with E-state index in [-0.39, 0.29) is 12.7 Å². The summed E-state index contributed by atoms with van der Waals surface area (Å²) in [6.07, 6.45) is 0. The van der Waals surface area contributed by atoms with Crippen LogP contribution in [-0.4, -0.2) is 17.0 Å². The van der Waals surface area contributed by atoms with Gasteiger partial charge in [0.1, 0.15) is 11.6 Å². The highest BCUT2D eigenvalue weighted by atomic mass is 79.9. The van der Waals surface area contributed by atoms with Crippen molar-refractivity contribution in [3.05, 3.63) is 44.9 Å².